The van der Waals surface area contributed by atoms with E-state index in [-0.39, 0.29) is 18.1 Å². The van der Waals surface area contributed by atoms with Crippen molar-refractivity contribution in [2.45, 2.75) is 49.8 Å². The van der Waals surface area contributed by atoms with Gasteiger partial charge in [-0.05, 0) is 25.0 Å². The van der Waals surface area contributed by atoms with Gasteiger partial charge in [0.2, 0.25) is 11.8 Å². The summed E-state index contributed by atoms with van der Waals surface area (Å²) in [5, 5.41) is 16.1. The second-order valence-electron chi connectivity index (χ2n) is 7.09. The molecular weight excluding hydrogens is 406 g/mol. The summed E-state index contributed by atoms with van der Waals surface area (Å²) in [4.78, 5) is 23.8. The Morgan fingerprint density at radius 3 is 2.83 bits per heavy atom. The number of aromatic nitrogens is 5. The van der Waals surface area contributed by atoms with E-state index in [1.807, 2.05) is 10.7 Å². The number of rotatable bonds is 9. The first kappa shape index (κ1) is 20.2. The first-order valence-electron chi connectivity index (χ1n) is 9.83. The number of nitrogens with zero attached hydrogens (tertiary/aromatic N) is 5. The van der Waals surface area contributed by atoms with Gasteiger partial charge in [-0.2, -0.15) is 5.10 Å². The number of hydrogen-bond donors (Lipinski definition) is 2. The molecule has 3 aromatic heterocycles. The molecule has 1 saturated carbocycles. The number of nitrogens with two attached hydrogens (primary N) is 1. The van der Waals surface area contributed by atoms with Crippen molar-refractivity contribution < 1.29 is 14.0 Å². The Morgan fingerprint density at radius 2 is 2.10 bits per heavy atom. The number of carbonyl (C=O) groups is 2. The summed E-state index contributed by atoms with van der Waals surface area (Å²) in [6.45, 7) is 0.302. The molecule has 0 aromatic carbocycles. The Balaban J connectivity index is 1.42. The van der Waals surface area contributed by atoms with Gasteiger partial charge < -0.3 is 15.5 Å². The quantitative estimate of drug-likeness (QED) is 0.499. The molecule has 1 aliphatic rings. The Bertz CT molecular complexity index is 1010. The molecule has 1 aliphatic carbocycles. The highest BCUT2D eigenvalue weighted by molar-refractivity contribution is 7.99. The largest absolute Gasteiger partial charge is 0.461 e. The lowest BCUT2D eigenvalue weighted by atomic mass is 10.2. The molecule has 0 radical (unpaired) electrons. The van der Waals surface area contributed by atoms with E-state index < -0.39 is 5.91 Å². The van der Waals surface area contributed by atoms with Gasteiger partial charge in [0.1, 0.15) is 5.82 Å². The lowest BCUT2D eigenvalue weighted by Gasteiger charge is -2.14. The summed E-state index contributed by atoms with van der Waals surface area (Å²) in [7, 11) is 0. The van der Waals surface area contributed by atoms with Gasteiger partial charge in [0.15, 0.2) is 16.7 Å². The molecule has 10 nitrogen and oxygen atoms in total. The lowest BCUT2D eigenvalue weighted by molar-refractivity contribution is -0.118. The Hall–Kier alpha value is -3.08. The van der Waals surface area contributed by atoms with Crippen LogP contribution >= 0.6 is 11.8 Å². The third-order valence-corrected chi connectivity index (χ3v) is 5.95. The maximum absolute atomic E-state index is 12.5. The minimum Gasteiger partial charge on any atom is -0.461 e. The van der Waals surface area contributed by atoms with E-state index in [1.54, 1.807) is 22.9 Å². The van der Waals surface area contributed by atoms with Gasteiger partial charge in [0.05, 0.1) is 24.3 Å². The number of anilines is 1. The van der Waals surface area contributed by atoms with Crippen LogP contribution in [0, 0.1) is 0 Å². The van der Waals surface area contributed by atoms with Crippen molar-refractivity contribution in [2.24, 2.45) is 5.73 Å². The van der Waals surface area contributed by atoms with E-state index in [4.69, 9.17) is 10.2 Å². The number of hydrogen-bond acceptors (Lipinski definition) is 7. The fourth-order valence-electron chi connectivity index (χ4n) is 3.57. The molecule has 0 unspecified atom stereocenters. The van der Waals surface area contributed by atoms with Crippen LogP contribution in [0.4, 0.5) is 5.82 Å². The molecule has 0 spiro atoms. The van der Waals surface area contributed by atoms with Crippen molar-refractivity contribution in [2.75, 3.05) is 11.1 Å². The van der Waals surface area contributed by atoms with Crippen LogP contribution in [0.3, 0.4) is 0 Å². The standard InChI is InChI=1S/C19H23N7O3S/c20-15(27)8-10-25-18(14-6-3-11-29-14)23-24-19(25)30-12-17(28)22-16-7-9-21-26(16)13-4-1-2-5-13/h3,6-7,9,11,13H,1-2,4-5,8,10,12H2,(H2,20,27)(H,22,28). The number of thioether (sulfide) groups is 1. The highest BCUT2D eigenvalue weighted by atomic mass is 32.2. The summed E-state index contributed by atoms with van der Waals surface area (Å²) >= 11 is 1.24. The van der Waals surface area contributed by atoms with Crippen molar-refractivity contribution in [1.29, 1.82) is 0 Å². The smallest absolute Gasteiger partial charge is 0.235 e. The van der Waals surface area contributed by atoms with Crippen molar-refractivity contribution >= 4 is 29.4 Å². The second-order valence-corrected chi connectivity index (χ2v) is 8.03. The molecule has 1 fully saturated rings. The fourth-order valence-corrected chi connectivity index (χ4v) is 4.33. The van der Waals surface area contributed by atoms with E-state index in [2.05, 4.69) is 20.6 Å². The predicted octanol–water partition coefficient (Wildman–Crippen LogP) is 2.46. The number of furan rings is 1. The third kappa shape index (κ3) is 4.56. The lowest BCUT2D eigenvalue weighted by Crippen LogP contribution is -2.19. The van der Waals surface area contributed by atoms with Crippen LogP contribution in [0.1, 0.15) is 38.1 Å². The van der Waals surface area contributed by atoms with Gasteiger partial charge in [-0.25, -0.2) is 4.68 Å². The molecule has 3 heterocycles. The monoisotopic (exact) mass is 429 g/mol. The van der Waals surface area contributed by atoms with Gasteiger partial charge in [0, 0.05) is 19.0 Å². The number of amides is 2. The molecule has 30 heavy (non-hydrogen) atoms. The molecule has 0 saturated heterocycles. The van der Waals surface area contributed by atoms with Crippen LogP contribution in [-0.4, -0.2) is 42.1 Å². The summed E-state index contributed by atoms with van der Waals surface area (Å²) < 4.78 is 9.04. The number of nitrogens with one attached hydrogen (secondary N) is 1. The minimum absolute atomic E-state index is 0.131. The van der Waals surface area contributed by atoms with E-state index in [0.717, 1.165) is 12.8 Å². The highest BCUT2D eigenvalue weighted by Crippen LogP contribution is 2.31. The minimum atomic E-state index is -0.428. The van der Waals surface area contributed by atoms with Crippen LogP contribution in [0.2, 0.25) is 0 Å². The van der Waals surface area contributed by atoms with Crippen LogP contribution in [0.5, 0.6) is 0 Å². The van der Waals surface area contributed by atoms with Gasteiger partial charge in [-0.3, -0.25) is 14.2 Å². The molecule has 0 aliphatic heterocycles. The van der Waals surface area contributed by atoms with E-state index in [0.29, 0.717) is 35.1 Å². The van der Waals surface area contributed by atoms with Gasteiger partial charge in [-0.1, -0.05) is 24.6 Å². The van der Waals surface area contributed by atoms with E-state index in [9.17, 15) is 9.59 Å². The summed E-state index contributed by atoms with van der Waals surface area (Å²) in [5.74, 6) is 1.28. The molecule has 2 amide bonds. The van der Waals surface area contributed by atoms with E-state index >= 15 is 0 Å². The maximum atomic E-state index is 12.5. The topological polar surface area (TPSA) is 134 Å². The zero-order chi connectivity index (χ0) is 20.9. The molecule has 0 bridgehead atoms. The van der Waals surface area contributed by atoms with Crippen molar-refractivity contribution in [3.63, 3.8) is 0 Å². The maximum Gasteiger partial charge on any atom is 0.235 e. The average molecular weight is 430 g/mol. The third-order valence-electron chi connectivity index (χ3n) is 4.98. The van der Waals surface area contributed by atoms with Gasteiger partial charge in [0.25, 0.3) is 0 Å². The number of primary amides is 1. The highest BCUT2D eigenvalue weighted by Gasteiger charge is 2.21. The first-order valence-corrected chi connectivity index (χ1v) is 10.8. The summed E-state index contributed by atoms with van der Waals surface area (Å²) in [5.41, 5.74) is 5.30. The Morgan fingerprint density at radius 1 is 1.27 bits per heavy atom. The SMILES string of the molecule is NC(=O)CCn1c(SCC(=O)Nc2ccnn2C2CCCC2)nnc1-c1ccco1. The Labute approximate surface area is 177 Å². The predicted molar refractivity (Wildman–Crippen MR) is 111 cm³/mol. The average Bonchev–Trinajstić information content (AvgIpc) is 3.52. The molecule has 11 heteroatoms. The van der Waals surface area contributed by atoms with Crippen LogP contribution < -0.4 is 11.1 Å². The zero-order valence-electron chi connectivity index (χ0n) is 16.4. The van der Waals surface area contributed by atoms with Crippen molar-refractivity contribution in [1.82, 2.24) is 24.5 Å². The van der Waals surface area contributed by atoms with Crippen LogP contribution in [0.15, 0.2) is 40.2 Å². The van der Waals surface area contributed by atoms with Crippen molar-refractivity contribution in [3.8, 4) is 11.6 Å². The molecule has 4 rings (SSSR count). The molecule has 0 atom stereocenters. The van der Waals surface area contributed by atoms with Crippen LogP contribution in [-0.2, 0) is 16.1 Å². The summed E-state index contributed by atoms with van der Waals surface area (Å²) in [6.07, 6.45) is 7.91. The first-order chi connectivity index (χ1) is 14.6. The second kappa shape index (κ2) is 9.16. The molecular formula is C19H23N7O3S. The molecule has 158 valence electrons. The molecule has 3 N–H and O–H groups in total. The zero-order valence-corrected chi connectivity index (χ0v) is 17.2. The van der Waals surface area contributed by atoms with Crippen LogP contribution in [0.25, 0.3) is 11.6 Å². The van der Waals surface area contributed by atoms with Gasteiger partial charge in [-0.15, -0.1) is 10.2 Å². The number of carbonyl (C=O) groups excluding carboxylic acids is 2. The van der Waals surface area contributed by atoms with Gasteiger partial charge >= 0.3 is 0 Å². The Kier molecular flexibility index (Phi) is 6.17. The normalized spacial score (nSPS) is 14.3. The summed E-state index contributed by atoms with van der Waals surface area (Å²) in [6, 6.07) is 5.66. The molecule has 3 aromatic rings. The van der Waals surface area contributed by atoms with Crippen molar-refractivity contribution in [3.05, 3.63) is 30.7 Å². The van der Waals surface area contributed by atoms with E-state index in [1.165, 1.54) is 30.9 Å². The fraction of sp³-hybridized carbons (Fsp3) is 0.421.